The van der Waals surface area contributed by atoms with Crippen LogP contribution < -0.4 is 0 Å². The van der Waals surface area contributed by atoms with E-state index in [0.29, 0.717) is 5.56 Å². The molecule has 0 aliphatic rings. The molecule has 0 saturated heterocycles. The van der Waals surface area contributed by atoms with E-state index in [1.54, 1.807) is 24.3 Å². The summed E-state index contributed by atoms with van der Waals surface area (Å²) in [6.07, 6.45) is -5.26. The van der Waals surface area contributed by atoms with Crippen molar-refractivity contribution in [2.24, 2.45) is 0 Å². The Bertz CT molecular complexity index is 956. The molecule has 0 amide bonds. The zero-order chi connectivity index (χ0) is 19.9. The van der Waals surface area contributed by atoms with Crippen LogP contribution in [0.15, 0.2) is 48.5 Å². The average Bonchev–Trinajstić information content (AvgIpc) is 2.52. The minimum Gasteiger partial charge on any atom is -0.206 e. The molecule has 0 unspecified atom stereocenters. The molecular weight excluding hydrogens is 373 g/mol. The van der Waals surface area contributed by atoms with Gasteiger partial charge in [0.05, 0.1) is 5.56 Å². The highest BCUT2D eigenvalue weighted by Gasteiger charge is 2.38. The van der Waals surface area contributed by atoms with Gasteiger partial charge < -0.3 is 0 Å². The van der Waals surface area contributed by atoms with Crippen LogP contribution in [-0.4, -0.2) is 0 Å². The number of hydrogen-bond donors (Lipinski definition) is 0. The van der Waals surface area contributed by atoms with Gasteiger partial charge in [-0.3, -0.25) is 0 Å². The van der Waals surface area contributed by atoms with Crippen molar-refractivity contribution in [2.75, 3.05) is 0 Å². The number of alkyl halides is 3. The van der Waals surface area contributed by atoms with Crippen molar-refractivity contribution in [1.82, 2.24) is 0 Å². The van der Waals surface area contributed by atoms with Gasteiger partial charge >= 0.3 is 6.18 Å². The average molecular weight is 384 g/mol. The topological polar surface area (TPSA) is 0 Å². The highest BCUT2D eigenvalue weighted by molar-refractivity contribution is 5.72. The second-order valence-electron chi connectivity index (χ2n) is 5.99. The number of halogens is 7. The predicted octanol–water partition coefficient (Wildman–Crippen LogP) is 6.90. The van der Waals surface area contributed by atoms with Crippen molar-refractivity contribution in [3.63, 3.8) is 0 Å². The third-order valence-corrected chi connectivity index (χ3v) is 4.04. The fourth-order valence-corrected chi connectivity index (χ4v) is 2.75. The Morgan fingerprint density at radius 2 is 1.04 bits per heavy atom. The van der Waals surface area contributed by atoms with Crippen LogP contribution >= 0.6 is 0 Å². The molecule has 0 bridgehead atoms. The molecule has 0 aliphatic carbocycles. The van der Waals surface area contributed by atoms with Crippen LogP contribution in [0.1, 0.15) is 11.1 Å². The Morgan fingerprint density at radius 3 is 1.48 bits per heavy atom. The summed E-state index contributed by atoms with van der Waals surface area (Å²) in [7, 11) is 0. The van der Waals surface area contributed by atoms with Gasteiger partial charge in [-0.05, 0) is 47.9 Å². The number of rotatable bonds is 2. The predicted molar refractivity (Wildman–Crippen MR) is 86.9 cm³/mol. The summed E-state index contributed by atoms with van der Waals surface area (Å²) in [6.45, 7) is 1.84. The molecule has 0 atom stereocenters. The third-order valence-electron chi connectivity index (χ3n) is 4.04. The van der Waals surface area contributed by atoms with E-state index in [9.17, 15) is 30.7 Å². The summed E-state index contributed by atoms with van der Waals surface area (Å²) in [5.74, 6) is -6.19. The molecule has 0 nitrogen and oxygen atoms in total. The van der Waals surface area contributed by atoms with Crippen LogP contribution in [0.3, 0.4) is 0 Å². The van der Waals surface area contributed by atoms with Crippen LogP contribution in [0.5, 0.6) is 0 Å². The van der Waals surface area contributed by atoms with Crippen molar-refractivity contribution in [3.05, 3.63) is 82.9 Å². The lowest BCUT2D eigenvalue weighted by molar-refractivity contribution is -0.142. The van der Waals surface area contributed by atoms with Gasteiger partial charge in [-0.1, -0.05) is 29.8 Å². The van der Waals surface area contributed by atoms with E-state index in [1.807, 2.05) is 6.92 Å². The Balaban J connectivity index is 2.12. The largest absolute Gasteiger partial charge is 0.422 e. The van der Waals surface area contributed by atoms with E-state index < -0.39 is 46.1 Å². The summed E-state index contributed by atoms with van der Waals surface area (Å²) < 4.78 is 94.3. The summed E-state index contributed by atoms with van der Waals surface area (Å²) in [4.78, 5) is 0. The van der Waals surface area contributed by atoms with Gasteiger partial charge in [0.1, 0.15) is 28.8 Å². The molecule has 7 heteroatoms. The minimum atomic E-state index is -5.26. The fraction of sp³-hybridized carbons (Fsp3) is 0.100. The van der Waals surface area contributed by atoms with Crippen LogP contribution in [0.2, 0.25) is 0 Å². The summed E-state index contributed by atoms with van der Waals surface area (Å²) in [5, 5.41) is 0. The SMILES string of the molecule is Cc1ccc(-c2cc(F)c(-c3cc(F)c(C(F)(F)F)c(F)c3)c(F)c2)cc1. The van der Waals surface area contributed by atoms with Crippen LogP contribution in [-0.2, 0) is 6.18 Å². The van der Waals surface area contributed by atoms with Gasteiger partial charge in [0.15, 0.2) is 0 Å². The minimum absolute atomic E-state index is 0.182. The molecule has 3 rings (SSSR count). The van der Waals surface area contributed by atoms with Crippen molar-refractivity contribution in [1.29, 1.82) is 0 Å². The van der Waals surface area contributed by atoms with Gasteiger partial charge in [-0.2, -0.15) is 13.2 Å². The molecule has 0 N–H and O–H groups in total. The van der Waals surface area contributed by atoms with Gasteiger partial charge in [0, 0.05) is 0 Å². The first-order valence-corrected chi connectivity index (χ1v) is 7.70. The molecule has 0 spiro atoms. The number of aryl methyl sites for hydroxylation is 1. The first-order chi connectivity index (χ1) is 12.6. The zero-order valence-electron chi connectivity index (χ0n) is 13.8. The Kier molecular flexibility index (Phi) is 4.71. The number of benzene rings is 3. The molecule has 0 radical (unpaired) electrons. The molecule has 3 aromatic carbocycles. The summed E-state index contributed by atoms with van der Waals surface area (Å²) in [6, 6.07) is 9.19. The first kappa shape index (κ1) is 18.9. The summed E-state index contributed by atoms with van der Waals surface area (Å²) in [5.41, 5.74) is -1.95. The van der Waals surface area contributed by atoms with Crippen LogP contribution in [0.25, 0.3) is 22.3 Å². The van der Waals surface area contributed by atoms with Gasteiger partial charge in [-0.25, -0.2) is 17.6 Å². The van der Waals surface area contributed by atoms with Crippen molar-refractivity contribution >= 4 is 0 Å². The third kappa shape index (κ3) is 3.67. The lowest BCUT2D eigenvalue weighted by Crippen LogP contribution is -2.11. The maximum absolute atomic E-state index is 14.5. The van der Waals surface area contributed by atoms with E-state index in [0.717, 1.165) is 17.7 Å². The van der Waals surface area contributed by atoms with E-state index >= 15 is 0 Å². The molecule has 0 fully saturated rings. The normalized spacial score (nSPS) is 11.7. The van der Waals surface area contributed by atoms with Crippen molar-refractivity contribution < 1.29 is 30.7 Å². The monoisotopic (exact) mass is 384 g/mol. The Morgan fingerprint density at radius 1 is 0.593 bits per heavy atom. The highest BCUT2D eigenvalue weighted by atomic mass is 19.4. The quantitative estimate of drug-likeness (QED) is 0.422. The molecule has 0 saturated carbocycles. The zero-order valence-corrected chi connectivity index (χ0v) is 13.8. The van der Waals surface area contributed by atoms with E-state index in [1.165, 1.54) is 0 Å². The molecule has 3 aromatic rings. The van der Waals surface area contributed by atoms with E-state index in [2.05, 4.69) is 0 Å². The van der Waals surface area contributed by atoms with Crippen LogP contribution in [0.4, 0.5) is 30.7 Å². The molecule has 0 aromatic heterocycles. The molecule has 0 aliphatic heterocycles. The lowest BCUT2D eigenvalue weighted by Gasteiger charge is -2.13. The van der Waals surface area contributed by atoms with Crippen molar-refractivity contribution in [3.8, 4) is 22.3 Å². The second-order valence-corrected chi connectivity index (χ2v) is 5.99. The standard InChI is InChI=1S/C20H11F7/c1-10-2-4-11(5-3-10)12-6-14(21)18(15(22)7-12)13-8-16(23)19(17(24)9-13)20(25,26)27/h2-9H,1H3. The molecule has 27 heavy (non-hydrogen) atoms. The second kappa shape index (κ2) is 6.72. The highest BCUT2D eigenvalue weighted by Crippen LogP contribution is 2.37. The lowest BCUT2D eigenvalue weighted by atomic mass is 9.97. The number of hydrogen-bond acceptors (Lipinski definition) is 0. The van der Waals surface area contributed by atoms with E-state index in [-0.39, 0.29) is 17.7 Å². The van der Waals surface area contributed by atoms with Gasteiger partial charge in [0.25, 0.3) is 0 Å². The van der Waals surface area contributed by atoms with Gasteiger partial charge in [0.2, 0.25) is 0 Å². The van der Waals surface area contributed by atoms with Crippen LogP contribution in [0, 0.1) is 30.2 Å². The molecule has 140 valence electrons. The Hall–Kier alpha value is -2.83. The molecular formula is C20H11F7. The maximum Gasteiger partial charge on any atom is 0.422 e. The Labute approximate surface area is 149 Å². The van der Waals surface area contributed by atoms with Crippen molar-refractivity contribution in [2.45, 2.75) is 13.1 Å². The first-order valence-electron chi connectivity index (χ1n) is 7.70. The summed E-state index contributed by atoms with van der Waals surface area (Å²) >= 11 is 0. The van der Waals surface area contributed by atoms with E-state index in [4.69, 9.17) is 0 Å². The smallest absolute Gasteiger partial charge is 0.206 e. The molecule has 0 heterocycles. The van der Waals surface area contributed by atoms with Gasteiger partial charge in [-0.15, -0.1) is 0 Å². The maximum atomic E-state index is 14.5. The fourth-order valence-electron chi connectivity index (χ4n) is 2.75.